The molecule has 2 nitrogen and oxygen atoms in total. The molecule has 0 amide bonds. The molecule has 0 fully saturated rings. The third-order valence-electron chi connectivity index (χ3n) is 3.66. The van der Waals surface area contributed by atoms with Crippen LogP contribution in [0.4, 0.5) is 0 Å². The number of halogens is 1. The van der Waals surface area contributed by atoms with Crippen molar-refractivity contribution in [2.24, 2.45) is 0 Å². The lowest BCUT2D eigenvalue weighted by molar-refractivity contribution is 1.08. The molecule has 0 aliphatic heterocycles. The molecule has 2 aromatic heterocycles. The highest BCUT2D eigenvalue weighted by Crippen LogP contribution is 2.41. The summed E-state index contributed by atoms with van der Waals surface area (Å²) >= 11 is 8.07. The zero-order valence-corrected chi connectivity index (χ0v) is 12.1. The van der Waals surface area contributed by atoms with Gasteiger partial charge in [-0.2, -0.15) is 5.26 Å². The fourth-order valence-corrected chi connectivity index (χ4v) is 4.34. The van der Waals surface area contributed by atoms with E-state index in [1.165, 1.54) is 15.8 Å². The molecule has 0 spiro atoms. The van der Waals surface area contributed by atoms with Gasteiger partial charge >= 0.3 is 0 Å². The Morgan fingerprint density at radius 3 is 3.15 bits per heavy atom. The lowest BCUT2D eigenvalue weighted by atomic mass is 10.1. The summed E-state index contributed by atoms with van der Waals surface area (Å²) in [6.07, 6.45) is 5.50. The summed E-state index contributed by atoms with van der Waals surface area (Å²) < 4.78 is 2.33. The Kier molecular flexibility index (Phi) is 2.56. The summed E-state index contributed by atoms with van der Waals surface area (Å²) in [5.74, 6) is 0. The molecule has 1 aliphatic carbocycles. The molecule has 3 aromatic rings. The normalized spacial score (nSPS) is 13.0. The minimum atomic E-state index is 0.349. The van der Waals surface area contributed by atoms with E-state index in [-0.39, 0.29) is 0 Å². The number of rotatable bonds is 1. The van der Waals surface area contributed by atoms with Gasteiger partial charge in [-0.25, -0.2) is 4.98 Å². The zero-order valence-electron chi connectivity index (χ0n) is 10.5. The molecule has 0 saturated carbocycles. The van der Waals surface area contributed by atoms with Gasteiger partial charge in [-0.15, -0.1) is 11.3 Å². The molecule has 2 heterocycles. The van der Waals surface area contributed by atoms with E-state index in [4.69, 9.17) is 21.8 Å². The van der Waals surface area contributed by atoms with Crippen molar-refractivity contribution in [3.8, 4) is 6.07 Å². The topological polar surface area (TPSA) is 36.7 Å². The average molecular weight is 297 g/mol. The highest BCUT2D eigenvalue weighted by molar-refractivity contribution is 7.26. The molecule has 20 heavy (non-hydrogen) atoms. The molecule has 0 saturated heterocycles. The van der Waals surface area contributed by atoms with Gasteiger partial charge in [0.1, 0.15) is 0 Å². The Morgan fingerprint density at radius 2 is 2.30 bits per heavy atom. The van der Waals surface area contributed by atoms with Crippen molar-refractivity contribution in [2.75, 3.05) is 0 Å². The zero-order chi connectivity index (χ0) is 13.7. The fourth-order valence-electron chi connectivity index (χ4n) is 2.79. The second-order valence-electron chi connectivity index (χ2n) is 4.78. The Morgan fingerprint density at radius 1 is 1.40 bits per heavy atom. The van der Waals surface area contributed by atoms with E-state index in [0.717, 1.165) is 32.7 Å². The number of thiophene rings is 1. The number of hydrogen-bond acceptors (Lipinski definition) is 3. The van der Waals surface area contributed by atoms with Crippen molar-refractivity contribution in [1.82, 2.24) is 4.98 Å². The van der Waals surface area contributed by atoms with Crippen LogP contribution in [0.25, 0.3) is 26.4 Å². The fraction of sp³-hybridized carbons (Fsp3) is 0.125. The minimum absolute atomic E-state index is 0.349. The van der Waals surface area contributed by atoms with Crippen molar-refractivity contribution >= 4 is 49.3 Å². The van der Waals surface area contributed by atoms with E-state index in [1.807, 2.05) is 12.1 Å². The maximum absolute atomic E-state index is 9.01. The Hall–Kier alpha value is -1.89. The van der Waals surface area contributed by atoms with E-state index in [9.17, 15) is 0 Å². The number of nitriles is 1. The number of pyridine rings is 1. The third-order valence-corrected chi connectivity index (χ3v) is 5.15. The van der Waals surface area contributed by atoms with Gasteiger partial charge in [0, 0.05) is 10.1 Å². The summed E-state index contributed by atoms with van der Waals surface area (Å²) in [6, 6.07) is 8.14. The summed E-state index contributed by atoms with van der Waals surface area (Å²) in [5, 5.41) is 10.7. The van der Waals surface area contributed by atoms with Gasteiger partial charge in [0.2, 0.25) is 0 Å². The van der Waals surface area contributed by atoms with E-state index in [0.29, 0.717) is 6.42 Å². The highest BCUT2D eigenvalue weighted by Gasteiger charge is 2.20. The van der Waals surface area contributed by atoms with Gasteiger partial charge in [-0.05, 0) is 29.7 Å². The first-order chi connectivity index (χ1) is 9.79. The molecule has 4 heteroatoms. The second-order valence-corrected chi connectivity index (χ2v) is 6.24. The van der Waals surface area contributed by atoms with E-state index in [1.54, 1.807) is 11.3 Å². The van der Waals surface area contributed by atoms with Crippen LogP contribution in [0.2, 0.25) is 5.02 Å². The molecular weight excluding hydrogens is 288 g/mol. The van der Waals surface area contributed by atoms with Crippen molar-refractivity contribution < 1.29 is 0 Å². The van der Waals surface area contributed by atoms with Crippen LogP contribution in [0.3, 0.4) is 0 Å². The van der Waals surface area contributed by atoms with Gasteiger partial charge in [0.25, 0.3) is 0 Å². The highest BCUT2D eigenvalue weighted by atomic mass is 35.5. The molecule has 0 radical (unpaired) electrons. The SMILES string of the molecule is N#CCc1nc2c(sc3cccc(Cl)c32)c2c1CC=C2. The first-order valence-electron chi connectivity index (χ1n) is 6.35. The maximum atomic E-state index is 9.01. The number of benzene rings is 1. The maximum Gasteiger partial charge on any atom is 0.0913 e. The monoisotopic (exact) mass is 296 g/mol. The van der Waals surface area contributed by atoms with Gasteiger partial charge in [-0.1, -0.05) is 29.8 Å². The number of allylic oxidation sites excluding steroid dienone is 1. The van der Waals surface area contributed by atoms with Gasteiger partial charge in [0.15, 0.2) is 0 Å². The van der Waals surface area contributed by atoms with Gasteiger partial charge in [0.05, 0.1) is 33.4 Å². The Bertz CT molecular complexity index is 931. The van der Waals surface area contributed by atoms with Crippen LogP contribution in [-0.4, -0.2) is 4.98 Å². The molecular formula is C16H9ClN2S. The van der Waals surface area contributed by atoms with Crippen LogP contribution in [0.1, 0.15) is 16.8 Å². The number of fused-ring (bicyclic) bond motifs is 5. The quantitative estimate of drug-likeness (QED) is 0.650. The van der Waals surface area contributed by atoms with Crippen LogP contribution in [-0.2, 0) is 12.8 Å². The molecule has 0 N–H and O–H groups in total. The molecule has 1 aliphatic rings. The van der Waals surface area contributed by atoms with Crippen LogP contribution in [0.15, 0.2) is 24.3 Å². The molecule has 0 unspecified atom stereocenters. The van der Waals surface area contributed by atoms with Crippen molar-refractivity contribution in [1.29, 1.82) is 5.26 Å². The van der Waals surface area contributed by atoms with E-state index < -0.39 is 0 Å². The summed E-state index contributed by atoms with van der Waals surface area (Å²) in [6.45, 7) is 0. The summed E-state index contributed by atoms with van der Waals surface area (Å²) in [5.41, 5.74) is 4.24. The number of hydrogen-bond donors (Lipinski definition) is 0. The molecule has 4 rings (SSSR count). The number of nitrogens with zero attached hydrogens (tertiary/aromatic N) is 2. The van der Waals surface area contributed by atoms with Crippen LogP contribution in [0.5, 0.6) is 0 Å². The van der Waals surface area contributed by atoms with Crippen LogP contribution in [0, 0.1) is 11.3 Å². The lowest BCUT2D eigenvalue weighted by Gasteiger charge is -2.06. The minimum Gasteiger partial charge on any atom is -0.250 e. The standard InChI is InChI=1S/C16H9ClN2S/c17-11-5-2-6-13-14(11)15-16(20-13)10-4-1-3-9(10)12(19-15)7-8-18/h1-2,4-6H,3,7H2. The largest absolute Gasteiger partial charge is 0.250 e. The van der Waals surface area contributed by atoms with E-state index >= 15 is 0 Å². The Labute approximate surface area is 124 Å². The summed E-state index contributed by atoms with van der Waals surface area (Å²) in [4.78, 5) is 4.75. The van der Waals surface area contributed by atoms with Crippen molar-refractivity contribution in [3.05, 3.63) is 46.1 Å². The smallest absolute Gasteiger partial charge is 0.0913 e. The van der Waals surface area contributed by atoms with Crippen LogP contribution >= 0.6 is 22.9 Å². The first kappa shape index (κ1) is 11.9. The molecule has 96 valence electrons. The van der Waals surface area contributed by atoms with Crippen molar-refractivity contribution in [2.45, 2.75) is 12.8 Å². The van der Waals surface area contributed by atoms with Gasteiger partial charge < -0.3 is 0 Å². The van der Waals surface area contributed by atoms with E-state index in [2.05, 4.69) is 24.3 Å². The third kappa shape index (κ3) is 1.53. The van der Waals surface area contributed by atoms with Crippen LogP contribution < -0.4 is 0 Å². The van der Waals surface area contributed by atoms with Crippen molar-refractivity contribution in [3.63, 3.8) is 0 Å². The average Bonchev–Trinajstić information content (AvgIpc) is 3.03. The number of aromatic nitrogens is 1. The first-order valence-corrected chi connectivity index (χ1v) is 7.55. The van der Waals surface area contributed by atoms with Gasteiger partial charge in [-0.3, -0.25) is 0 Å². The molecule has 0 atom stereocenters. The molecule has 0 bridgehead atoms. The lowest BCUT2D eigenvalue weighted by Crippen LogP contribution is -1.97. The molecule has 1 aromatic carbocycles. The summed E-state index contributed by atoms with van der Waals surface area (Å²) in [7, 11) is 0. The predicted molar refractivity (Wildman–Crippen MR) is 84.2 cm³/mol. The Balaban J connectivity index is 2.21. The second kappa shape index (κ2) is 4.31. The predicted octanol–water partition coefficient (Wildman–Crippen LogP) is 4.74.